The first kappa shape index (κ1) is 13.3. The summed E-state index contributed by atoms with van der Waals surface area (Å²) in [6.07, 6.45) is 1.29. The number of nitrogens with two attached hydrogens (primary N) is 1. The number of rotatable bonds is 3. The van der Waals surface area contributed by atoms with Gasteiger partial charge in [-0.2, -0.15) is 0 Å². The summed E-state index contributed by atoms with van der Waals surface area (Å²) in [7, 11) is 0. The van der Waals surface area contributed by atoms with Gasteiger partial charge in [0.15, 0.2) is 0 Å². The van der Waals surface area contributed by atoms with Crippen LogP contribution in [-0.2, 0) is 6.54 Å². The van der Waals surface area contributed by atoms with Gasteiger partial charge in [0, 0.05) is 13.1 Å². The van der Waals surface area contributed by atoms with Crippen LogP contribution in [0.2, 0.25) is 0 Å². The van der Waals surface area contributed by atoms with Crippen LogP contribution in [0.5, 0.6) is 0 Å². The molecule has 1 fully saturated rings. The lowest BCUT2D eigenvalue weighted by atomic mass is 9.80. The second-order valence-electron chi connectivity index (χ2n) is 6.25. The molecule has 0 radical (unpaired) electrons. The molecule has 4 heteroatoms. The number of pyridine rings is 1. The monoisotopic (exact) mass is 248 g/mol. The standard InChI is InChI=1S/C14H24N4/c1-14(2,3)11-7-8-18(9-11)10-12-5-4-6-13(16-12)17-15/h4-6,11H,7-10,15H2,1-3H3,(H,16,17). The van der Waals surface area contributed by atoms with E-state index < -0.39 is 0 Å². The molecule has 0 aliphatic carbocycles. The lowest BCUT2D eigenvalue weighted by Gasteiger charge is -2.27. The number of nitrogens with zero attached hydrogens (tertiary/aromatic N) is 2. The van der Waals surface area contributed by atoms with E-state index in [9.17, 15) is 0 Å². The number of aromatic nitrogens is 1. The molecule has 18 heavy (non-hydrogen) atoms. The van der Waals surface area contributed by atoms with Crippen LogP contribution < -0.4 is 11.3 Å². The highest BCUT2D eigenvalue weighted by molar-refractivity contribution is 5.33. The fraction of sp³-hybridized carbons (Fsp3) is 0.643. The number of nitrogens with one attached hydrogen (secondary N) is 1. The van der Waals surface area contributed by atoms with E-state index >= 15 is 0 Å². The van der Waals surface area contributed by atoms with Crippen molar-refractivity contribution in [3.63, 3.8) is 0 Å². The minimum atomic E-state index is 0.406. The molecule has 4 nitrogen and oxygen atoms in total. The normalized spacial score (nSPS) is 21.2. The molecule has 1 aliphatic heterocycles. The van der Waals surface area contributed by atoms with Crippen molar-refractivity contribution in [1.82, 2.24) is 9.88 Å². The maximum absolute atomic E-state index is 5.38. The highest BCUT2D eigenvalue weighted by Crippen LogP contribution is 2.33. The number of anilines is 1. The molecular formula is C14H24N4. The van der Waals surface area contributed by atoms with Gasteiger partial charge in [-0.25, -0.2) is 10.8 Å². The highest BCUT2D eigenvalue weighted by atomic mass is 15.3. The Morgan fingerprint density at radius 2 is 2.22 bits per heavy atom. The zero-order valence-electron chi connectivity index (χ0n) is 11.6. The van der Waals surface area contributed by atoms with Crippen molar-refractivity contribution >= 4 is 5.82 Å². The molecule has 0 spiro atoms. The number of hydrogen-bond acceptors (Lipinski definition) is 4. The predicted molar refractivity (Wildman–Crippen MR) is 74.9 cm³/mol. The summed E-state index contributed by atoms with van der Waals surface area (Å²) in [5.41, 5.74) is 4.08. The third-order valence-corrected chi connectivity index (χ3v) is 3.84. The Balaban J connectivity index is 1.95. The first-order valence-corrected chi connectivity index (χ1v) is 6.64. The lowest BCUT2D eigenvalue weighted by Crippen LogP contribution is -2.26. The lowest BCUT2D eigenvalue weighted by molar-refractivity contribution is 0.225. The van der Waals surface area contributed by atoms with Crippen LogP contribution in [0, 0.1) is 11.3 Å². The Labute approximate surface area is 110 Å². The van der Waals surface area contributed by atoms with Gasteiger partial charge in [-0.15, -0.1) is 0 Å². The van der Waals surface area contributed by atoms with Crippen molar-refractivity contribution in [3.05, 3.63) is 23.9 Å². The van der Waals surface area contributed by atoms with Crippen LogP contribution in [0.25, 0.3) is 0 Å². The fourth-order valence-corrected chi connectivity index (χ4v) is 2.56. The van der Waals surface area contributed by atoms with Crippen LogP contribution in [0.15, 0.2) is 18.2 Å². The van der Waals surface area contributed by atoms with Crippen LogP contribution in [0.4, 0.5) is 5.82 Å². The van der Waals surface area contributed by atoms with E-state index in [2.05, 4.69) is 42.1 Å². The number of likely N-dealkylation sites (tertiary alicyclic amines) is 1. The Bertz CT molecular complexity index is 397. The molecule has 1 aromatic rings. The average Bonchev–Trinajstić information content (AvgIpc) is 2.77. The SMILES string of the molecule is CC(C)(C)C1CCN(Cc2cccc(NN)n2)C1. The van der Waals surface area contributed by atoms with Crippen molar-refractivity contribution in [3.8, 4) is 0 Å². The van der Waals surface area contributed by atoms with Crippen molar-refractivity contribution in [2.45, 2.75) is 33.7 Å². The van der Waals surface area contributed by atoms with E-state index in [1.807, 2.05) is 12.1 Å². The maximum atomic E-state index is 5.38. The molecule has 1 unspecified atom stereocenters. The van der Waals surface area contributed by atoms with Gasteiger partial charge in [0.2, 0.25) is 0 Å². The summed E-state index contributed by atoms with van der Waals surface area (Å²) < 4.78 is 0. The summed E-state index contributed by atoms with van der Waals surface area (Å²) in [4.78, 5) is 6.95. The summed E-state index contributed by atoms with van der Waals surface area (Å²) in [6, 6.07) is 5.94. The van der Waals surface area contributed by atoms with Gasteiger partial charge in [0.05, 0.1) is 5.69 Å². The van der Waals surface area contributed by atoms with Gasteiger partial charge in [-0.1, -0.05) is 26.8 Å². The Kier molecular flexibility index (Phi) is 3.88. The average molecular weight is 248 g/mol. The smallest absolute Gasteiger partial charge is 0.140 e. The number of hydrazine groups is 1. The minimum Gasteiger partial charge on any atom is -0.308 e. The van der Waals surface area contributed by atoms with Crippen LogP contribution in [0.1, 0.15) is 32.9 Å². The van der Waals surface area contributed by atoms with Gasteiger partial charge in [-0.05, 0) is 36.4 Å². The molecule has 2 rings (SSSR count). The number of hydrogen-bond donors (Lipinski definition) is 2. The van der Waals surface area contributed by atoms with Gasteiger partial charge < -0.3 is 5.43 Å². The predicted octanol–water partition coefficient (Wildman–Crippen LogP) is 2.24. The molecule has 3 N–H and O–H groups in total. The zero-order chi connectivity index (χ0) is 13.2. The summed E-state index contributed by atoms with van der Waals surface area (Å²) >= 11 is 0. The molecule has 1 saturated heterocycles. The molecular weight excluding hydrogens is 224 g/mol. The van der Waals surface area contributed by atoms with Gasteiger partial charge in [0.25, 0.3) is 0 Å². The summed E-state index contributed by atoms with van der Waals surface area (Å²) in [5.74, 6) is 6.90. The highest BCUT2D eigenvalue weighted by Gasteiger charge is 2.31. The van der Waals surface area contributed by atoms with Crippen LogP contribution in [0.3, 0.4) is 0 Å². The Morgan fingerprint density at radius 3 is 2.83 bits per heavy atom. The zero-order valence-corrected chi connectivity index (χ0v) is 11.6. The Morgan fingerprint density at radius 1 is 1.44 bits per heavy atom. The van der Waals surface area contributed by atoms with E-state index in [0.717, 1.165) is 24.0 Å². The van der Waals surface area contributed by atoms with Crippen molar-refractivity contribution in [1.29, 1.82) is 0 Å². The molecule has 0 bridgehead atoms. The van der Waals surface area contributed by atoms with Crippen molar-refractivity contribution in [2.24, 2.45) is 17.2 Å². The molecule has 1 aliphatic rings. The summed E-state index contributed by atoms with van der Waals surface area (Å²) in [6.45, 7) is 10.3. The van der Waals surface area contributed by atoms with Crippen molar-refractivity contribution < 1.29 is 0 Å². The molecule has 2 heterocycles. The molecule has 1 atom stereocenters. The third-order valence-electron chi connectivity index (χ3n) is 3.84. The number of nitrogen functional groups attached to an aromatic ring is 1. The molecule has 100 valence electrons. The molecule has 0 saturated carbocycles. The Hall–Kier alpha value is -1.13. The van der Waals surface area contributed by atoms with Crippen LogP contribution in [-0.4, -0.2) is 23.0 Å². The van der Waals surface area contributed by atoms with E-state index in [1.54, 1.807) is 0 Å². The van der Waals surface area contributed by atoms with Gasteiger partial charge in [-0.3, -0.25) is 4.90 Å². The summed E-state index contributed by atoms with van der Waals surface area (Å²) in [5, 5.41) is 0. The second kappa shape index (κ2) is 5.24. The van der Waals surface area contributed by atoms with Crippen LogP contribution >= 0.6 is 0 Å². The third kappa shape index (κ3) is 3.21. The van der Waals surface area contributed by atoms with E-state index in [4.69, 9.17) is 5.84 Å². The second-order valence-corrected chi connectivity index (χ2v) is 6.25. The first-order valence-electron chi connectivity index (χ1n) is 6.64. The molecule has 0 amide bonds. The topological polar surface area (TPSA) is 54.2 Å². The van der Waals surface area contributed by atoms with E-state index in [0.29, 0.717) is 5.41 Å². The largest absolute Gasteiger partial charge is 0.308 e. The molecule has 1 aromatic heterocycles. The molecule has 0 aromatic carbocycles. The van der Waals surface area contributed by atoms with E-state index in [1.165, 1.54) is 19.5 Å². The van der Waals surface area contributed by atoms with Crippen molar-refractivity contribution in [2.75, 3.05) is 18.5 Å². The van der Waals surface area contributed by atoms with Gasteiger partial charge in [0.1, 0.15) is 5.82 Å². The maximum Gasteiger partial charge on any atom is 0.140 e. The van der Waals surface area contributed by atoms with E-state index in [-0.39, 0.29) is 0 Å². The minimum absolute atomic E-state index is 0.406. The quantitative estimate of drug-likeness (QED) is 0.636. The first-order chi connectivity index (χ1) is 8.49. The van der Waals surface area contributed by atoms with Gasteiger partial charge >= 0.3 is 0 Å². The fourth-order valence-electron chi connectivity index (χ4n) is 2.56.